The van der Waals surface area contributed by atoms with E-state index in [9.17, 15) is 31.1 Å². The Morgan fingerprint density at radius 3 is 2.07 bits per heavy atom. The van der Waals surface area contributed by atoms with Crippen LogP contribution in [-0.2, 0) is 17.1 Å². The van der Waals surface area contributed by atoms with Gasteiger partial charge in [0.2, 0.25) is 11.9 Å². The molecule has 0 bridgehead atoms. The fourth-order valence-corrected chi connectivity index (χ4v) is 5.44. The average molecular weight is 614 g/mol. The van der Waals surface area contributed by atoms with Crippen molar-refractivity contribution in [1.82, 2.24) is 24.4 Å². The first-order valence-electron chi connectivity index (χ1n) is 14.1. The molecular weight excluding hydrogens is 580 g/mol. The van der Waals surface area contributed by atoms with Crippen LogP contribution in [0.4, 0.5) is 48.7 Å². The predicted molar refractivity (Wildman–Crippen MR) is 147 cm³/mol. The lowest BCUT2D eigenvalue weighted by atomic mass is 10.1. The molecule has 1 amide bonds. The molecule has 0 atom stereocenters. The molecule has 2 aliphatic rings. The number of anilines is 3. The predicted octanol–water partition coefficient (Wildman–Crippen LogP) is 7.53. The number of benzene rings is 1. The number of carbonyl (C=O) groups is 1. The van der Waals surface area contributed by atoms with E-state index in [4.69, 9.17) is 4.74 Å². The summed E-state index contributed by atoms with van der Waals surface area (Å²) in [4.78, 5) is 27.7. The van der Waals surface area contributed by atoms with Crippen molar-refractivity contribution in [2.24, 2.45) is 0 Å². The Bertz CT molecular complexity index is 1430. The quantitative estimate of drug-likeness (QED) is 0.287. The number of halogens is 6. The molecule has 15 heteroatoms. The van der Waals surface area contributed by atoms with E-state index in [1.54, 1.807) is 30.2 Å². The summed E-state index contributed by atoms with van der Waals surface area (Å²) < 4.78 is 88.4. The third-order valence-electron chi connectivity index (χ3n) is 7.45. The van der Waals surface area contributed by atoms with E-state index in [0.717, 1.165) is 25.7 Å². The number of rotatable bonds is 5. The number of aromatic nitrogens is 4. The highest BCUT2D eigenvalue weighted by Crippen LogP contribution is 2.39. The maximum Gasteiger partial charge on any atom is 0.416 e. The molecule has 234 valence electrons. The molecule has 2 fully saturated rings. The van der Waals surface area contributed by atoms with Gasteiger partial charge < -0.3 is 20.3 Å². The largest absolute Gasteiger partial charge is 0.444 e. The van der Waals surface area contributed by atoms with Crippen molar-refractivity contribution in [3.8, 4) is 0 Å². The minimum Gasteiger partial charge on any atom is -0.444 e. The second-order valence-corrected chi connectivity index (χ2v) is 12.0. The van der Waals surface area contributed by atoms with Crippen molar-refractivity contribution in [1.29, 1.82) is 0 Å². The number of hydrogen-bond donors (Lipinski definition) is 2. The lowest BCUT2D eigenvalue weighted by Gasteiger charge is -2.34. The zero-order chi connectivity index (χ0) is 31.2. The summed E-state index contributed by atoms with van der Waals surface area (Å²) in [6.07, 6.45) is -4.05. The fraction of sp³-hybridized carbons (Fsp3) is 0.571. The molecule has 3 aromatic rings. The number of fused-ring (bicyclic) bond motifs is 1. The molecule has 1 aliphatic heterocycles. The summed E-state index contributed by atoms with van der Waals surface area (Å²) in [5.74, 6) is 0.377. The second kappa shape index (κ2) is 11.4. The summed E-state index contributed by atoms with van der Waals surface area (Å²) in [7, 11) is 0. The molecule has 0 spiro atoms. The molecule has 0 unspecified atom stereocenters. The number of nitrogens with one attached hydrogen (secondary N) is 2. The Morgan fingerprint density at radius 2 is 1.51 bits per heavy atom. The zero-order valence-electron chi connectivity index (χ0n) is 23.9. The van der Waals surface area contributed by atoms with Gasteiger partial charge in [0.15, 0.2) is 5.65 Å². The van der Waals surface area contributed by atoms with Crippen molar-refractivity contribution < 1.29 is 35.9 Å². The maximum atomic E-state index is 13.5. The van der Waals surface area contributed by atoms with E-state index >= 15 is 0 Å². The molecule has 9 nitrogen and oxygen atoms in total. The molecule has 0 radical (unpaired) electrons. The van der Waals surface area contributed by atoms with Crippen molar-refractivity contribution in [3.63, 3.8) is 0 Å². The van der Waals surface area contributed by atoms with Crippen LogP contribution < -0.4 is 10.6 Å². The molecule has 1 saturated heterocycles. The van der Waals surface area contributed by atoms with Crippen molar-refractivity contribution in [3.05, 3.63) is 35.5 Å². The first kappa shape index (κ1) is 30.7. The molecule has 1 saturated carbocycles. The van der Waals surface area contributed by atoms with Gasteiger partial charge in [-0.1, -0.05) is 12.8 Å². The van der Waals surface area contributed by atoms with Crippen molar-refractivity contribution in [2.75, 3.05) is 23.7 Å². The van der Waals surface area contributed by atoms with Crippen LogP contribution in [0, 0.1) is 0 Å². The van der Waals surface area contributed by atoms with Crippen LogP contribution >= 0.6 is 0 Å². The van der Waals surface area contributed by atoms with E-state index in [1.165, 1.54) is 6.20 Å². The molecule has 2 N–H and O–H groups in total. The first-order valence-corrected chi connectivity index (χ1v) is 14.1. The maximum absolute atomic E-state index is 13.5. The number of ether oxygens (including phenoxy) is 1. The molecule has 5 rings (SSSR count). The smallest absolute Gasteiger partial charge is 0.416 e. The monoisotopic (exact) mass is 613 g/mol. The van der Waals surface area contributed by atoms with Crippen LogP contribution in [0.15, 0.2) is 24.4 Å². The highest BCUT2D eigenvalue weighted by atomic mass is 19.4. The number of carbonyl (C=O) groups excluding carboxylic acids is 1. The Labute approximate surface area is 244 Å². The van der Waals surface area contributed by atoms with E-state index < -0.39 is 40.9 Å². The van der Waals surface area contributed by atoms with Gasteiger partial charge in [-0.3, -0.25) is 4.57 Å². The van der Waals surface area contributed by atoms with Crippen molar-refractivity contribution in [2.45, 2.75) is 89.3 Å². The van der Waals surface area contributed by atoms with Crippen LogP contribution in [0.1, 0.15) is 76.5 Å². The molecule has 1 aromatic carbocycles. The fourth-order valence-electron chi connectivity index (χ4n) is 5.44. The van der Waals surface area contributed by atoms with Crippen LogP contribution in [0.3, 0.4) is 0 Å². The third kappa shape index (κ3) is 7.24. The zero-order valence-corrected chi connectivity index (χ0v) is 23.9. The number of nitrogens with zero attached hydrogens (tertiary/aromatic N) is 5. The van der Waals surface area contributed by atoms with Gasteiger partial charge in [0.1, 0.15) is 11.1 Å². The number of alkyl halides is 6. The summed E-state index contributed by atoms with van der Waals surface area (Å²) >= 11 is 0. The van der Waals surface area contributed by atoms with Gasteiger partial charge in [0.25, 0.3) is 0 Å². The summed E-state index contributed by atoms with van der Waals surface area (Å²) in [5, 5.41) is 6.01. The van der Waals surface area contributed by atoms with Crippen LogP contribution in [0.2, 0.25) is 0 Å². The van der Waals surface area contributed by atoms with Gasteiger partial charge in [-0.2, -0.15) is 31.3 Å². The van der Waals surface area contributed by atoms with Gasteiger partial charge in [-0.05, 0) is 64.7 Å². The number of amides is 1. The van der Waals surface area contributed by atoms with Crippen LogP contribution in [0.5, 0.6) is 0 Å². The SMILES string of the molecule is CC(C)(C)OC(=O)N1CCC(n2c(Nc3cc(C(F)(F)F)cc(C(F)(F)F)c3)nc3cnc(NC4CCCC4)nc32)CC1. The van der Waals surface area contributed by atoms with Gasteiger partial charge in [0, 0.05) is 30.9 Å². The Kier molecular flexibility index (Phi) is 8.11. The Morgan fingerprint density at radius 1 is 0.907 bits per heavy atom. The minimum absolute atomic E-state index is 0.0190. The van der Waals surface area contributed by atoms with E-state index in [1.807, 2.05) is 0 Å². The molecular formula is C28H33F6N7O2. The van der Waals surface area contributed by atoms with Crippen LogP contribution in [-0.4, -0.2) is 55.2 Å². The Balaban J connectivity index is 1.51. The van der Waals surface area contributed by atoms with Gasteiger partial charge >= 0.3 is 18.4 Å². The van der Waals surface area contributed by atoms with Crippen LogP contribution in [0.25, 0.3) is 11.2 Å². The number of hydrogen-bond acceptors (Lipinski definition) is 7. The van der Waals surface area contributed by atoms with E-state index in [-0.39, 0.29) is 24.1 Å². The topological polar surface area (TPSA) is 97.2 Å². The molecule has 3 heterocycles. The average Bonchev–Trinajstić information content (AvgIpc) is 3.54. The third-order valence-corrected chi connectivity index (χ3v) is 7.45. The number of likely N-dealkylation sites (tertiary alicyclic amines) is 1. The normalized spacial score (nSPS) is 17.5. The molecule has 2 aromatic heterocycles. The second-order valence-electron chi connectivity index (χ2n) is 12.0. The molecule has 43 heavy (non-hydrogen) atoms. The lowest BCUT2D eigenvalue weighted by molar-refractivity contribution is -0.143. The van der Waals surface area contributed by atoms with E-state index in [2.05, 4.69) is 25.6 Å². The van der Waals surface area contributed by atoms with Crippen molar-refractivity contribution >= 4 is 34.8 Å². The highest BCUT2D eigenvalue weighted by Gasteiger charge is 2.37. The highest BCUT2D eigenvalue weighted by molar-refractivity contribution is 5.77. The lowest BCUT2D eigenvalue weighted by Crippen LogP contribution is -2.42. The Hall–Kier alpha value is -3.78. The van der Waals surface area contributed by atoms with Gasteiger partial charge in [-0.25, -0.2) is 14.8 Å². The van der Waals surface area contributed by atoms with Gasteiger partial charge in [0.05, 0.1) is 17.3 Å². The molecule has 1 aliphatic carbocycles. The van der Waals surface area contributed by atoms with Gasteiger partial charge in [-0.15, -0.1) is 0 Å². The first-order chi connectivity index (χ1) is 20.1. The standard InChI is InChI=1S/C28H33F6N7O2/c1-26(2,3)43-25(42)40-10-8-20(9-11-40)41-22-21(15-35-23(39-22)36-18-6-4-5-7-18)38-24(41)37-19-13-16(27(29,30)31)12-17(14-19)28(32,33)34/h12-15,18,20H,4-11H2,1-3H3,(H,37,38)(H,35,36,39). The number of imidazole rings is 1. The summed E-state index contributed by atoms with van der Waals surface area (Å²) in [6.45, 7) is 5.93. The van der Waals surface area contributed by atoms with E-state index in [0.29, 0.717) is 55.2 Å². The number of piperidine rings is 1. The summed E-state index contributed by atoms with van der Waals surface area (Å²) in [5.41, 5.74) is -3.30. The minimum atomic E-state index is -5.00. The summed E-state index contributed by atoms with van der Waals surface area (Å²) in [6, 6.07) is 1.18.